The number of rotatable bonds is 20. The van der Waals surface area contributed by atoms with Crippen LogP contribution in [0.2, 0.25) is 0 Å². The molecule has 0 N–H and O–H groups in total. The van der Waals surface area contributed by atoms with E-state index in [2.05, 4.69) is 19.1 Å². The molecule has 0 heterocycles. The normalized spacial score (nSPS) is 12.5. The first-order valence-corrected chi connectivity index (χ1v) is 14.8. The van der Waals surface area contributed by atoms with E-state index >= 15 is 0 Å². The third-order valence-corrected chi connectivity index (χ3v) is 8.76. The van der Waals surface area contributed by atoms with E-state index in [-0.39, 0.29) is 36.1 Å². The summed E-state index contributed by atoms with van der Waals surface area (Å²) in [4.78, 5) is 1.76. The van der Waals surface area contributed by atoms with Crippen LogP contribution in [0.25, 0.3) is 0 Å². The minimum Gasteiger partial charge on any atom is -0.736 e. The zero-order valence-corrected chi connectivity index (χ0v) is 23.1. The van der Waals surface area contributed by atoms with E-state index in [1.165, 1.54) is 64.2 Å². The molecule has 0 aromatic rings. The Morgan fingerprint density at radius 3 is 1.60 bits per heavy atom. The monoisotopic (exact) mass is 475 g/mol. The molecule has 0 rings (SSSR count). The molecular weight excluding hydrogens is 433 g/mol. The van der Waals surface area contributed by atoms with Gasteiger partial charge in [0, 0.05) is 6.54 Å². The van der Waals surface area contributed by atoms with Crippen molar-refractivity contribution in [3.8, 4) is 0 Å². The van der Waals surface area contributed by atoms with Crippen LogP contribution in [0.1, 0.15) is 96.8 Å². The van der Waals surface area contributed by atoms with Gasteiger partial charge in [-0.15, -0.1) is 0 Å². The summed E-state index contributed by atoms with van der Waals surface area (Å²) in [7, 11) is -8.10. The standard InChI is InChI=1S/C21H43NO5S2.Na/c1-3-4-5-6-7-8-9-10-11-12-13-14-15-16-17-18-19-22(2)20-21-28(23,24)29(25,26)27;/h10-11H,3-9,12-21H2,1-2H3,(H,25,26,27);/q;+1/p-1. The molecule has 0 aliphatic carbocycles. The maximum atomic E-state index is 11.2. The summed E-state index contributed by atoms with van der Waals surface area (Å²) in [5.74, 6) is -0.637. The molecule has 174 valence electrons. The van der Waals surface area contributed by atoms with E-state index in [1.54, 1.807) is 11.9 Å². The van der Waals surface area contributed by atoms with Crippen LogP contribution in [-0.4, -0.2) is 52.2 Å². The predicted molar refractivity (Wildman–Crippen MR) is 120 cm³/mol. The average molecular weight is 476 g/mol. The Hall–Kier alpha value is 0.560. The zero-order chi connectivity index (χ0) is 22.0. The van der Waals surface area contributed by atoms with Gasteiger partial charge in [-0.3, -0.25) is 0 Å². The molecule has 0 bridgehead atoms. The van der Waals surface area contributed by atoms with Gasteiger partial charge in [0.05, 0.1) is 5.75 Å². The van der Waals surface area contributed by atoms with E-state index in [1.807, 2.05) is 0 Å². The van der Waals surface area contributed by atoms with Gasteiger partial charge < -0.3 is 9.45 Å². The minimum atomic E-state index is -5.26. The number of nitrogens with zero attached hydrogens (tertiary/aromatic N) is 1. The fourth-order valence-electron chi connectivity index (χ4n) is 3.11. The SMILES string of the molecule is CCCCCCCCC=CCCCCCCCCN(C)CCS(=O)(=O)S(=O)(=O)[O-].[Na+]. The molecule has 0 amide bonds. The minimum absolute atomic E-state index is 0. The van der Waals surface area contributed by atoms with Crippen molar-refractivity contribution in [2.75, 3.05) is 25.9 Å². The van der Waals surface area contributed by atoms with E-state index in [0.29, 0.717) is 6.54 Å². The molecular formula is C21H42NNaO5S2. The summed E-state index contributed by atoms with van der Waals surface area (Å²) < 4.78 is 54.3. The van der Waals surface area contributed by atoms with Crippen molar-refractivity contribution >= 4 is 18.0 Å². The maximum Gasteiger partial charge on any atom is 1.00 e. The van der Waals surface area contributed by atoms with Crippen LogP contribution in [0.15, 0.2) is 12.2 Å². The Morgan fingerprint density at radius 2 is 1.13 bits per heavy atom. The molecule has 0 atom stereocenters. The largest absolute Gasteiger partial charge is 1.00 e. The molecule has 0 saturated heterocycles. The zero-order valence-electron chi connectivity index (χ0n) is 19.5. The van der Waals surface area contributed by atoms with Gasteiger partial charge in [-0.1, -0.05) is 76.9 Å². The second kappa shape index (κ2) is 20.2. The molecule has 0 aliphatic heterocycles. The summed E-state index contributed by atoms with van der Waals surface area (Å²) in [6, 6.07) is 0. The molecule has 0 aromatic heterocycles. The van der Waals surface area contributed by atoms with Crippen LogP contribution in [0.4, 0.5) is 0 Å². The third-order valence-electron chi connectivity index (χ3n) is 5.09. The fraction of sp³-hybridized carbons (Fsp3) is 0.905. The maximum absolute atomic E-state index is 11.2. The molecule has 30 heavy (non-hydrogen) atoms. The fourth-order valence-corrected chi connectivity index (χ4v) is 4.69. The topological polar surface area (TPSA) is 94.6 Å². The van der Waals surface area contributed by atoms with Crippen LogP contribution in [0.5, 0.6) is 0 Å². The Labute approximate surface area is 207 Å². The van der Waals surface area contributed by atoms with Gasteiger partial charge in [-0.2, -0.15) is 0 Å². The van der Waals surface area contributed by atoms with Crippen LogP contribution in [-0.2, 0) is 18.0 Å². The molecule has 9 heteroatoms. The number of hydrogen-bond acceptors (Lipinski definition) is 6. The molecule has 0 spiro atoms. The number of allylic oxidation sites excluding steroid dienone is 2. The summed E-state index contributed by atoms with van der Waals surface area (Å²) in [5, 5.41) is 0. The smallest absolute Gasteiger partial charge is 0.736 e. The summed E-state index contributed by atoms with van der Waals surface area (Å²) >= 11 is 0. The van der Waals surface area contributed by atoms with Gasteiger partial charge in [-0.25, -0.2) is 16.8 Å². The van der Waals surface area contributed by atoms with Crippen molar-refractivity contribution in [2.24, 2.45) is 0 Å². The van der Waals surface area contributed by atoms with E-state index in [4.69, 9.17) is 0 Å². The number of unbranched alkanes of at least 4 members (excludes halogenated alkanes) is 12. The third kappa shape index (κ3) is 19.3. The van der Waals surface area contributed by atoms with Crippen LogP contribution in [0, 0.1) is 0 Å². The molecule has 0 unspecified atom stereocenters. The van der Waals surface area contributed by atoms with E-state index < -0.39 is 23.8 Å². The van der Waals surface area contributed by atoms with Gasteiger partial charge in [0.15, 0.2) is 0 Å². The summed E-state index contributed by atoms with van der Waals surface area (Å²) in [5.41, 5.74) is 0. The van der Waals surface area contributed by atoms with Crippen LogP contribution in [0.3, 0.4) is 0 Å². The average Bonchev–Trinajstić information content (AvgIpc) is 2.65. The van der Waals surface area contributed by atoms with Crippen molar-refractivity contribution in [3.05, 3.63) is 12.2 Å². The van der Waals surface area contributed by atoms with Crippen molar-refractivity contribution < 1.29 is 50.9 Å². The summed E-state index contributed by atoms with van der Waals surface area (Å²) in [6.45, 7) is 3.01. The van der Waals surface area contributed by atoms with Crippen LogP contribution < -0.4 is 29.6 Å². The first-order chi connectivity index (χ1) is 13.7. The van der Waals surface area contributed by atoms with Crippen molar-refractivity contribution in [2.45, 2.75) is 96.8 Å². The van der Waals surface area contributed by atoms with Crippen LogP contribution >= 0.6 is 0 Å². The first kappa shape index (κ1) is 32.7. The quantitative estimate of drug-likeness (QED) is 0.0877. The van der Waals surface area contributed by atoms with Gasteiger partial charge in [-0.05, 0) is 45.7 Å². The van der Waals surface area contributed by atoms with E-state index in [9.17, 15) is 21.4 Å². The second-order valence-corrected chi connectivity index (χ2v) is 13.0. The van der Waals surface area contributed by atoms with E-state index in [0.717, 1.165) is 25.7 Å². The van der Waals surface area contributed by atoms with Gasteiger partial charge in [0.1, 0.15) is 0 Å². The van der Waals surface area contributed by atoms with Gasteiger partial charge in [0.2, 0.25) is 18.0 Å². The Balaban J connectivity index is 0. The predicted octanol–water partition coefficient (Wildman–Crippen LogP) is 1.83. The Kier molecular flexibility index (Phi) is 22.0. The molecule has 6 nitrogen and oxygen atoms in total. The Morgan fingerprint density at radius 1 is 0.700 bits per heavy atom. The first-order valence-electron chi connectivity index (χ1n) is 11.2. The molecule has 0 aliphatic rings. The van der Waals surface area contributed by atoms with Gasteiger partial charge in [0.25, 0.3) is 0 Å². The van der Waals surface area contributed by atoms with Crippen molar-refractivity contribution in [1.29, 1.82) is 0 Å². The number of hydrogen-bond donors (Lipinski definition) is 0. The van der Waals surface area contributed by atoms with Crippen molar-refractivity contribution in [3.63, 3.8) is 0 Å². The molecule has 0 fully saturated rings. The second-order valence-electron chi connectivity index (χ2n) is 7.91. The van der Waals surface area contributed by atoms with Crippen molar-refractivity contribution in [1.82, 2.24) is 4.90 Å². The van der Waals surface area contributed by atoms with Gasteiger partial charge >= 0.3 is 29.6 Å². The Bertz CT molecular complexity index is 621. The molecule has 0 aromatic carbocycles. The molecule has 0 radical (unpaired) electrons. The summed E-state index contributed by atoms with van der Waals surface area (Å²) in [6.07, 6.45) is 22.0. The molecule has 0 saturated carbocycles.